The molecule has 0 aliphatic heterocycles. The summed E-state index contributed by atoms with van der Waals surface area (Å²) in [5.41, 5.74) is 2.22. The van der Waals surface area contributed by atoms with Crippen molar-refractivity contribution in [3.8, 4) is 5.75 Å². The molecule has 0 fully saturated rings. The third kappa shape index (κ3) is 2.73. The monoisotopic (exact) mass is 222 g/mol. The number of carbonyl (C=O) groups excluding carboxylic acids is 1. The summed E-state index contributed by atoms with van der Waals surface area (Å²) < 4.78 is 0. The number of anilines is 1. The lowest BCUT2D eigenvalue weighted by Crippen LogP contribution is -2.35. The zero-order chi connectivity index (χ0) is 12.3. The quantitative estimate of drug-likeness (QED) is 0.680. The maximum absolute atomic E-state index is 11.6. The van der Waals surface area contributed by atoms with E-state index in [2.05, 4.69) is 10.6 Å². The van der Waals surface area contributed by atoms with Crippen LogP contribution in [0.1, 0.15) is 18.1 Å². The van der Waals surface area contributed by atoms with E-state index in [1.165, 1.54) is 0 Å². The molecule has 0 saturated carbocycles. The van der Waals surface area contributed by atoms with Crippen LogP contribution in [-0.4, -0.2) is 24.1 Å². The summed E-state index contributed by atoms with van der Waals surface area (Å²) in [7, 11) is 1.71. The number of benzene rings is 1. The van der Waals surface area contributed by atoms with E-state index in [-0.39, 0.29) is 17.7 Å². The zero-order valence-corrected chi connectivity index (χ0v) is 10.1. The Balaban J connectivity index is 2.93. The molecule has 0 saturated heterocycles. The maximum atomic E-state index is 11.6. The van der Waals surface area contributed by atoms with Crippen molar-refractivity contribution in [2.24, 2.45) is 0 Å². The van der Waals surface area contributed by atoms with Crippen molar-refractivity contribution in [1.82, 2.24) is 5.32 Å². The lowest BCUT2D eigenvalue weighted by Gasteiger charge is -2.13. The standard InChI is InChI=1S/C12H18N2O2/c1-7-5-8(2)11(15)10(6-7)14-12(16)9(3)13-4/h5-6,9,13,15H,1-4H3,(H,14,16). The Kier molecular flexibility index (Phi) is 3.90. The van der Waals surface area contributed by atoms with Crippen molar-refractivity contribution in [2.75, 3.05) is 12.4 Å². The molecule has 3 N–H and O–H groups in total. The van der Waals surface area contributed by atoms with Gasteiger partial charge in [-0.2, -0.15) is 0 Å². The molecule has 4 heteroatoms. The fraction of sp³-hybridized carbons (Fsp3) is 0.417. The van der Waals surface area contributed by atoms with Crippen molar-refractivity contribution >= 4 is 11.6 Å². The molecule has 0 radical (unpaired) electrons. The van der Waals surface area contributed by atoms with Gasteiger partial charge in [0.2, 0.25) is 5.91 Å². The fourth-order valence-electron chi connectivity index (χ4n) is 1.43. The summed E-state index contributed by atoms with van der Waals surface area (Å²) in [6.07, 6.45) is 0. The number of nitrogens with one attached hydrogen (secondary N) is 2. The predicted molar refractivity (Wildman–Crippen MR) is 64.7 cm³/mol. The molecule has 4 nitrogen and oxygen atoms in total. The van der Waals surface area contributed by atoms with Crippen LogP contribution in [0.15, 0.2) is 12.1 Å². The lowest BCUT2D eigenvalue weighted by molar-refractivity contribution is -0.117. The van der Waals surface area contributed by atoms with Gasteiger partial charge < -0.3 is 15.7 Å². The molecule has 16 heavy (non-hydrogen) atoms. The van der Waals surface area contributed by atoms with Gasteiger partial charge in [0, 0.05) is 0 Å². The molecule has 0 aliphatic rings. The van der Waals surface area contributed by atoms with Gasteiger partial charge in [-0.1, -0.05) is 6.07 Å². The van der Waals surface area contributed by atoms with Crippen LogP contribution in [0.25, 0.3) is 0 Å². The van der Waals surface area contributed by atoms with E-state index in [9.17, 15) is 9.90 Å². The van der Waals surface area contributed by atoms with Crippen LogP contribution in [0.2, 0.25) is 0 Å². The number of phenolic OH excluding ortho intramolecular Hbond substituents is 1. The first kappa shape index (κ1) is 12.5. The number of likely N-dealkylation sites (N-methyl/N-ethyl adjacent to an activating group) is 1. The first-order chi connectivity index (χ1) is 7.45. The molecule has 0 spiro atoms. The Morgan fingerprint density at radius 2 is 2.00 bits per heavy atom. The summed E-state index contributed by atoms with van der Waals surface area (Å²) in [5, 5.41) is 15.3. The first-order valence-corrected chi connectivity index (χ1v) is 5.24. The second-order valence-corrected chi connectivity index (χ2v) is 3.98. The second kappa shape index (κ2) is 4.99. The van der Waals surface area contributed by atoms with Crippen LogP contribution in [0, 0.1) is 13.8 Å². The van der Waals surface area contributed by atoms with Gasteiger partial charge >= 0.3 is 0 Å². The highest BCUT2D eigenvalue weighted by atomic mass is 16.3. The van der Waals surface area contributed by atoms with Gasteiger partial charge in [0.05, 0.1) is 11.7 Å². The van der Waals surface area contributed by atoms with Crippen molar-refractivity contribution in [3.63, 3.8) is 0 Å². The maximum Gasteiger partial charge on any atom is 0.241 e. The molecule has 1 aromatic rings. The summed E-state index contributed by atoms with van der Waals surface area (Å²) in [6.45, 7) is 5.48. The molecule has 1 atom stereocenters. The van der Waals surface area contributed by atoms with Crippen LogP contribution >= 0.6 is 0 Å². The van der Waals surface area contributed by atoms with E-state index in [0.29, 0.717) is 5.69 Å². The van der Waals surface area contributed by atoms with Gasteiger partial charge in [0.15, 0.2) is 0 Å². The normalized spacial score (nSPS) is 12.2. The molecule has 1 aromatic carbocycles. The number of phenols is 1. The Morgan fingerprint density at radius 1 is 1.38 bits per heavy atom. The Labute approximate surface area is 95.7 Å². The van der Waals surface area contributed by atoms with E-state index in [4.69, 9.17) is 0 Å². The largest absolute Gasteiger partial charge is 0.505 e. The lowest BCUT2D eigenvalue weighted by atomic mass is 10.1. The molecule has 0 aromatic heterocycles. The molecule has 0 bridgehead atoms. The molecule has 0 aliphatic carbocycles. The number of carbonyl (C=O) groups is 1. The number of hydrogen-bond donors (Lipinski definition) is 3. The van der Waals surface area contributed by atoms with Crippen molar-refractivity contribution in [1.29, 1.82) is 0 Å². The minimum Gasteiger partial charge on any atom is -0.505 e. The topological polar surface area (TPSA) is 61.4 Å². The molecule has 88 valence electrons. The van der Waals surface area contributed by atoms with E-state index in [1.807, 2.05) is 13.0 Å². The highest BCUT2D eigenvalue weighted by Crippen LogP contribution is 2.28. The van der Waals surface area contributed by atoms with Gasteiger partial charge in [0.25, 0.3) is 0 Å². The van der Waals surface area contributed by atoms with Crippen LogP contribution in [0.5, 0.6) is 5.75 Å². The van der Waals surface area contributed by atoms with Crippen LogP contribution in [0.3, 0.4) is 0 Å². The summed E-state index contributed by atoms with van der Waals surface area (Å²) in [4.78, 5) is 11.6. The summed E-state index contributed by atoms with van der Waals surface area (Å²) in [6, 6.07) is 3.33. The van der Waals surface area contributed by atoms with Gasteiger partial charge in [-0.15, -0.1) is 0 Å². The molecule has 1 amide bonds. The van der Waals surface area contributed by atoms with E-state index in [0.717, 1.165) is 11.1 Å². The zero-order valence-electron chi connectivity index (χ0n) is 10.1. The number of aromatic hydroxyl groups is 1. The Morgan fingerprint density at radius 3 is 2.56 bits per heavy atom. The van der Waals surface area contributed by atoms with Crippen molar-refractivity contribution < 1.29 is 9.90 Å². The van der Waals surface area contributed by atoms with E-state index >= 15 is 0 Å². The average molecular weight is 222 g/mol. The number of hydrogen-bond acceptors (Lipinski definition) is 3. The molecular weight excluding hydrogens is 204 g/mol. The predicted octanol–water partition coefficient (Wildman–Crippen LogP) is 1.56. The molecule has 0 heterocycles. The van der Waals surface area contributed by atoms with Gasteiger partial charge in [-0.3, -0.25) is 4.79 Å². The summed E-state index contributed by atoms with van der Waals surface area (Å²) in [5.74, 6) is -0.0370. The van der Waals surface area contributed by atoms with Crippen LogP contribution in [-0.2, 0) is 4.79 Å². The van der Waals surface area contributed by atoms with Gasteiger partial charge in [0.1, 0.15) is 5.75 Å². The summed E-state index contributed by atoms with van der Waals surface area (Å²) >= 11 is 0. The average Bonchev–Trinajstić information content (AvgIpc) is 2.23. The van der Waals surface area contributed by atoms with Crippen molar-refractivity contribution in [2.45, 2.75) is 26.8 Å². The Hall–Kier alpha value is -1.55. The SMILES string of the molecule is CNC(C)C(=O)Nc1cc(C)cc(C)c1O. The smallest absolute Gasteiger partial charge is 0.241 e. The molecule has 1 unspecified atom stereocenters. The Bertz CT molecular complexity index is 402. The minimum absolute atomic E-state index is 0.127. The van der Waals surface area contributed by atoms with Crippen LogP contribution in [0.4, 0.5) is 5.69 Å². The number of aryl methyl sites for hydroxylation is 2. The van der Waals surface area contributed by atoms with Crippen molar-refractivity contribution in [3.05, 3.63) is 23.3 Å². The number of rotatable bonds is 3. The fourth-order valence-corrected chi connectivity index (χ4v) is 1.43. The minimum atomic E-state index is -0.291. The highest BCUT2D eigenvalue weighted by molar-refractivity contribution is 5.96. The first-order valence-electron chi connectivity index (χ1n) is 5.24. The van der Waals surface area contributed by atoms with Gasteiger partial charge in [-0.25, -0.2) is 0 Å². The van der Waals surface area contributed by atoms with E-state index in [1.54, 1.807) is 27.0 Å². The number of amides is 1. The highest BCUT2D eigenvalue weighted by Gasteiger charge is 2.13. The third-order valence-electron chi connectivity index (χ3n) is 2.53. The van der Waals surface area contributed by atoms with E-state index < -0.39 is 0 Å². The third-order valence-corrected chi connectivity index (χ3v) is 2.53. The van der Waals surface area contributed by atoms with Crippen LogP contribution < -0.4 is 10.6 Å². The molecular formula is C12H18N2O2. The second-order valence-electron chi connectivity index (χ2n) is 3.98. The molecule has 1 rings (SSSR count). The van der Waals surface area contributed by atoms with Gasteiger partial charge in [-0.05, 0) is 45.0 Å².